The van der Waals surface area contributed by atoms with Gasteiger partial charge in [0.05, 0.1) is 74.8 Å². The van der Waals surface area contributed by atoms with E-state index in [0.29, 0.717) is 66.8 Å². The van der Waals surface area contributed by atoms with Crippen molar-refractivity contribution in [3.05, 3.63) is 0 Å². The number of rotatable bonds is 0. The van der Waals surface area contributed by atoms with E-state index in [0.717, 1.165) is 171 Å². The molecule has 12 heteroatoms. The predicted octanol–water partition coefficient (Wildman–Crippen LogP) is 17.8. The molecule has 8 bridgehead atoms. The first-order valence-electron chi connectivity index (χ1n) is 40.5. The molecule has 15 aliphatic carbocycles. The Morgan fingerprint density at radius 2 is 0.667 bits per heavy atom. The summed E-state index contributed by atoms with van der Waals surface area (Å²) >= 11 is 0. The van der Waals surface area contributed by atoms with E-state index < -0.39 is 0 Å². The minimum Gasteiger partial charge on any atom is -0.350 e. The van der Waals surface area contributed by atoms with Gasteiger partial charge in [-0.25, -0.2) is 0 Å². The standard InChI is InChI=1S/2C15H24O2.2C14H22O2.C12H20O2.C11H20O2/c1-8-4-9-10(5-8)12-6-11(9)13-7-16-15(2,3)17-14(12)13;1-10-7-11-8-12(10)13-9-16-15(17-14(11)13)5-3-2-4-6-15;1-7-4-8-9(5-7)11-6-10(8)12-13(11)16-14(2,3)15-12;1-9-7-10-8-11(9)13-12(10)15-14(16-13)5-3-2-4-6-14;1-9-4-5-10-11(8-9)14-12(13-10)6-2-3-7-12;1-8-4-5-9-7-12-11(2,3)13-10(9)6-8/h8-14H,4-7H2,1-3H3;10-14H,2-9H2,1H3;7-13H,4-6H2,1-3H3;9-13H,2-8H2,1H3;9-11H,2-8H2,1H3;8-10H,4-7H2,1-3H3. The van der Waals surface area contributed by atoms with Gasteiger partial charge in [0.25, 0.3) is 0 Å². The van der Waals surface area contributed by atoms with Crippen molar-refractivity contribution in [2.75, 3.05) is 19.8 Å². The minimum atomic E-state index is -0.349. The van der Waals surface area contributed by atoms with Crippen LogP contribution in [-0.2, 0) is 56.8 Å². The van der Waals surface area contributed by atoms with Gasteiger partial charge in [-0.3, -0.25) is 0 Å². The van der Waals surface area contributed by atoms with Gasteiger partial charge >= 0.3 is 0 Å². The molecule has 3 spiro atoms. The maximum Gasteiger partial charge on any atom is 0.169 e. The molecule has 29 unspecified atom stereocenters. The molecular weight excluding hydrogens is 1160 g/mol. The average Bonchev–Trinajstić information content (AvgIpc) is 1.59. The van der Waals surface area contributed by atoms with Crippen LogP contribution in [0.5, 0.6) is 0 Å². The summed E-state index contributed by atoms with van der Waals surface area (Å²) in [6.45, 7) is 29.5. The first-order chi connectivity index (χ1) is 44.5. The second-order valence-corrected chi connectivity index (χ2v) is 38.3. The van der Waals surface area contributed by atoms with Gasteiger partial charge in [-0.1, -0.05) is 60.8 Å². The molecule has 6 aliphatic heterocycles. The predicted molar refractivity (Wildman–Crippen MR) is 358 cm³/mol. The molecule has 29 atom stereocenters. The first-order valence-corrected chi connectivity index (χ1v) is 40.5. The van der Waals surface area contributed by atoms with Gasteiger partial charge in [0.15, 0.2) is 34.7 Å². The number of hydrogen-bond donors (Lipinski definition) is 0. The molecule has 0 aromatic heterocycles. The van der Waals surface area contributed by atoms with Gasteiger partial charge in [-0.15, -0.1) is 0 Å². The zero-order valence-corrected chi connectivity index (χ0v) is 60.6. The van der Waals surface area contributed by atoms with E-state index in [1.165, 1.54) is 154 Å². The fraction of sp³-hybridized carbons (Fsp3) is 1.00. The smallest absolute Gasteiger partial charge is 0.169 e. The highest BCUT2D eigenvalue weighted by atomic mass is 16.8. The van der Waals surface area contributed by atoms with Crippen LogP contribution in [0.1, 0.15) is 276 Å². The molecule has 0 aromatic rings. The zero-order valence-electron chi connectivity index (χ0n) is 60.6. The van der Waals surface area contributed by atoms with Crippen molar-refractivity contribution in [1.29, 1.82) is 0 Å². The lowest BCUT2D eigenvalue weighted by Crippen LogP contribution is -2.52. The topological polar surface area (TPSA) is 111 Å². The lowest BCUT2D eigenvalue weighted by molar-refractivity contribution is -0.330. The van der Waals surface area contributed by atoms with Crippen molar-refractivity contribution >= 4 is 0 Å². The SMILES string of the molecule is CC1CC2C(C1)C1CC2C2OC(C)(C)OC12.CC1CC2C3CC(C2C1)C1OC(C)(C)OCC31.CC1CC2CC1C1COC3(CCCCC3)OC21.CC1CC2CC1C1OC3(CCCCC3)OC21.CC1CCC2COC(C)(C)OC2C1.CC1CCC2OC3(CCCC3)OC2C1. The van der Waals surface area contributed by atoms with E-state index in [9.17, 15) is 0 Å². The van der Waals surface area contributed by atoms with Gasteiger partial charge < -0.3 is 56.8 Å². The van der Waals surface area contributed by atoms with Crippen LogP contribution < -0.4 is 0 Å². The van der Waals surface area contributed by atoms with Crippen molar-refractivity contribution in [2.45, 2.75) is 365 Å². The van der Waals surface area contributed by atoms with Crippen LogP contribution >= 0.6 is 0 Å². The summed E-state index contributed by atoms with van der Waals surface area (Å²) < 4.78 is 73.7. The molecule has 93 heavy (non-hydrogen) atoms. The number of fused-ring (bicyclic) bond motifs is 28. The summed E-state index contributed by atoms with van der Waals surface area (Å²) in [6.07, 6.45) is 43.2. The normalized spacial score (nSPS) is 53.0. The van der Waals surface area contributed by atoms with Crippen molar-refractivity contribution in [3.8, 4) is 0 Å². The summed E-state index contributed by atoms with van der Waals surface area (Å²) in [7, 11) is 0. The van der Waals surface area contributed by atoms with Crippen LogP contribution in [0, 0.1) is 124 Å². The monoisotopic (exact) mass is 1300 g/mol. The Kier molecular flexibility index (Phi) is 18.6. The third-order valence-corrected chi connectivity index (χ3v) is 30.3. The molecule has 0 N–H and O–H groups in total. The number of hydrogen-bond acceptors (Lipinski definition) is 12. The lowest BCUT2D eigenvalue weighted by atomic mass is 9.74. The molecule has 528 valence electrons. The minimum absolute atomic E-state index is 0.139. The molecule has 21 fully saturated rings. The van der Waals surface area contributed by atoms with E-state index in [1.54, 1.807) is 0 Å². The Labute approximate surface area is 563 Å². The Balaban J connectivity index is 0.0000000888. The van der Waals surface area contributed by atoms with Crippen LogP contribution in [-0.4, -0.2) is 109 Å². The van der Waals surface area contributed by atoms with E-state index in [4.69, 9.17) is 56.8 Å². The molecule has 6 saturated heterocycles. The van der Waals surface area contributed by atoms with Gasteiger partial charge in [-0.2, -0.15) is 0 Å². The van der Waals surface area contributed by atoms with E-state index >= 15 is 0 Å². The van der Waals surface area contributed by atoms with Crippen LogP contribution in [0.4, 0.5) is 0 Å². The van der Waals surface area contributed by atoms with Crippen LogP contribution in [0.25, 0.3) is 0 Å². The molecule has 15 saturated carbocycles. The molecule has 6 heterocycles. The Morgan fingerprint density at radius 3 is 1.32 bits per heavy atom. The quantitative estimate of drug-likeness (QED) is 0.230. The van der Waals surface area contributed by atoms with Crippen molar-refractivity contribution in [3.63, 3.8) is 0 Å². The molecular formula is C81H132O12. The Bertz CT molecular complexity index is 2520. The van der Waals surface area contributed by atoms with Crippen LogP contribution in [0.2, 0.25) is 0 Å². The average molecular weight is 1300 g/mol. The van der Waals surface area contributed by atoms with E-state index in [1.807, 2.05) is 13.8 Å². The van der Waals surface area contributed by atoms with E-state index in [-0.39, 0.29) is 34.7 Å². The highest BCUT2D eigenvalue weighted by Gasteiger charge is 2.67. The summed E-state index contributed by atoms with van der Waals surface area (Å²) in [5.41, 5.74) is 0. The van der Waals surface area contributed by atoms with Gasteiger partial charge in [0, 0.05) is 56.3 Å². The molecule has 0 aromatic carbocycles. The van der Waals surface area contributed by atoms with Crippen molar-refractivity contribution in [1.82, 2.24) is 0 Å². The fourth-order valence-corrected chi connectivity index (χ4v) is 26.3. The van der Waals surface area contributed by atoms with Gasteiger partial charge in [0.1, 0.15) is 0 Å². The third-order valence-electron chi connectivity index (χ3n) is 30.3. The van der Waals surface area contributed by atoms with Gasteiger partial charge in [-0.05, 0) is 283 Å². The zero-order chi connectivity index (χ0) is 64.1. The highest BCUT2D eigenvalue weighted by Crippen LogP contribution is 2.66. The molecule has 0 amide bonds. The Hall–Kier alpha value is -0.480. The maximum atomic E-state index is 6.50. The Morgan fingerprint density at radius 1 is 0.237 bits per heavy atom. The second-order valence-electron chi connectivity index (χ2n) is 38.3. The number of ether oxygens (including phenoxy) is 12. The maximum absolute atomic E-state index is 6.50. The summed E-state index contributed by atoms with van der Waals surface area (Å²) in [5, 5.41) is 0. The van der Waals surface area contributed by atoms with Crippen molar-refractivity contribution < 1.29 is 56.8 Å². The van der Waals surface area contributed by atoms with Crippen LogP contribution in [0.3, 0.4) is 0 Å². The van der Waals surface area contributed by atoms with E-state index in [2.05, 4.69) is 69.2 Å². The molecule has 0 radical (unpaired) electrons. The lowest BCUT2D eigenvalue weighted by Gasteiger charge is -2.49. The molecule has 12 nitrogen and oxygen atoms in total. The second kappa shape index (κ2) is 25.8. The molecule has 21 aliphatic rings. The fourth-order valence-electron chi connectivity index (χ4n) is 26.3. The summed E-state index contributed by atoms with van der Waals surface area (Å²) in [4.78, 5) is 0. The third kappa shape index (κ3) is 13.0. The summed E-state index contributed by atoms with van der Waals surface area (Å²) in [5.74, 6) is 16.6. The first kappa shape index (κ1) is 67.0. The van der Waals surface area contributed by atoms with Crippen LogP contribution in [0.15, 0.2) is 0 Å². The molecule has 21 rings (SSSR count). The summed E-state index contributed by atoms with van der Waals surface area (Å²) in [6, 6.07) is 0. The highest BCUT2D eigenvalue weighted by molar-refractivity contribution is 5.13. The van der Waals surface area contributed by atoms with Crippen molar-refractivity contribution in [2.24, 2.45) is 124 Å². The largest absolute Gasteiger partial charge is 0.350 e. The van der Waals surface area contributed by atoms with Gasteiger partial charge in [0.2, 0.25) is 0 Å².